The molecular formula is C11H17NO4. The number of carboxylic acid groups (broad SMARTS) is 1. The summed E-state index contributed by atoms with van der Waals surface area (Å²) >= 11 is 0. The molecule has 0 saturated heterocycles. The van der Waals surface area contributed by atoms with Crippen LogP contribution >= 0.6 is 0 Å². The molecule has 0 radical (unpaired) electrons. The van der Waals surface area contributed by atoms with Gasteiger partial charge < -0.3 is 14.6 Å². The van der Waals surface area contributed by atoms with E-state index in [9.17, 15) is 9.90 Å². The van der Waals surface area contributed by atoms with Crippen molar-refractivity contribution in [1.29, 1.82) is 0 Å². The van der Waals surface area contributed by atoms with Gasteiger partial charge in [-0.25, -0.2) is 4.79 Å². The third-order valence-corrected chi connectivity index (χ3v) is 2.77. The number of furan rings is 1. The Balaban J connectivity index is 2.81. The maximum absolute atomic E-state index is 10.8. The van der Waals surface area contributed by atoms with Gasteiger partial charge >= 0.3 is 5.97 Å². The molecule has 0 aliphatic carbocycles. The van der Waals surface area contributed by atoms with Crippen LogP contribution in [0.5, 0.6) is 0 Å². The molecule has 5 heteroatoms. The maximum Gasteiger partial charge on any atom is 0.372 e. The van der Waals surface area contributed by atoms with E-state index in [4.69, 9.17) is 9.52 Å². The third kappa shape index (κ3) is 2.62. The van der Waals surface area contributed by atoms with Crippen molar-refractivity contribution in [2.45, 2.75) is 25.9 Å². The van der Waals surface area contributed by atoms with Crippen LogP contribution in [0.25, 0.3) is 0 Å². The highest BCUT2D eigenvalue weighted by atomic mass is 16.4. The number of rotatable bonds is 5. The normalized spacial score (nSPS) is 12.1. The number of hydrogen-bond acceptors (Lipinski definition) is 4. The third-order valence-electron chi connectivity index (χ3n) is 2.77. The van der Waals surface area contributed by atoms with Crippen LogP contribution in [0, 0.1) is 0 Å². The standard InChI is InChI=1S/C11H17NO4/c1-11(2,7-13)12(3)6-8-4-5-16-9(8)10(14)15/h4-5,13H,6-7H2,1-3H3,(H,14,15). The highest BCUT2D eigenvalue weighted by Gasteiger charge is 2.24. The summed E-state index contributed by atoms with van der Waals surface area (Å²) < 4.78 is 4.88. The van der Waals surface area contributed by atoms with Gasteiger partial charge in [-0.2, -0.15) is 0 Å². The van der Waals surface area contributed by atoms with Gasteiger partial charge in [-0.3, -0.25) is 4.90 Å². The van der Waals surface area contributed by atoms with Gasteiger partial charge in [0, 0.05) is 17.6 Å². The molecule has 0 aliphatic heterocycles. The fourth-order valence-electron chi connectivity index (χ4n) is 1.24. The number of likely N-dealkylation sites (N-methyl/N-ethyl adjacent to an activating group) is 1. The lowest BCUT2D eigenvalue weighted by Gasteiger charge is -2.33. The summed E-state index contributed by atoms with van der Waals surface area (Å²) in [6, 6.07) is 1.63. The lowest BCUT2D eigenvalue weighted by molar-refractivity contribution is 0.0636. The Kier molecular flexibility index (Phi) is 3.72. The molecule has 1 aromatic rings. The van der Waals surface area contributed by atoms with Crippen molar-refractivity contribution in [2.24, 2.45) is 0 Å². The Morgan fingerprint density at radius 2 is 2.19 bits per heavy atom. The first-order valence-corrected chi connectivity index (χ1v) is 5.00. The number of carboxylic acids is 1. The van der Waals surface area contributed by atoms with Crippen molar-refractivity contribution in [3.8, 4) is 0 Å². The Morgan fingerprint density at radius 1 is 1.56 bits per heavy atom. The Bertz CT molecular complexity index is 370. The smallest absolute Gasteiger partial charge is 0.372 e. The van der Waals surface area contributed by atoms with Gasteiger partial charge in [-0.05, 0) is 27.0 Å². The van der Waals surface area contributed by atoms with E-state index in [2.05, 4.69) is 0 Å². The predicted molar refractivity (Wildman–Crippen MR) is 58.3 cm³/mol. The molecule has 0 atom stereocenters. The second-order valence-corrected chi connectivity index (χ2v) is 4.41. The zero-order valence-corrected chi connectivity index (χ0v) is 9.73. The second-order valence-electron chi connectivity index (χ2n) is 4.41. The van der Waals surface area contributed by atoms with E-state index < -0.39 is 11.5 Å². The Labute approximate surface area is 94.3 Å². The number of aliphatic hydroxyl groups is 1. The summed E-state index contributed by atoms with van der Waals surface area (Å²) in [6.45, 7) is 4.19. The zero-order chi connectivity index (χ0) is 12.3. The fraction of sp³-hybridized carbons (Fsp3) is 0.545. The summed E-state index contributed by atoms with van der Waals surface area (Å²) in [5.74, 6) is -1.12. The van der Waals surface area contributed by atoms with Crippen molar-refractivity contribution in [1.82, 2.24) is 4.90 Å². The minimum atomic E-state index is -1.07. The van der Waals surface area contributed by atoms with E-state index in [0.717, 1.165) is 0 Å². The van der Waals surface area contributed by atoms with Crippen molar-refractivity contribution >= 4 is 5.97 Å². The SMILES string of the molecule is CN(Cc1ccoc1C(=O)O)C(C)(C)CO. The summed E-state index contributed by atoms with van der Waals surface area (Å²) in [5.41, 5.74) is 0.212. The topological polar surface area (TPSA) is 73.9 Å². The van der Waals surface area contributed by atoms with Crippen LogP contribution in [0.1, 0.15) is 30.0 Å². The highest BCUT2D eigenvalue weighted by molar-refractivity contribution is 5.86. The molecule has 0 saturated carbocycles. The fourth-order valence-corrected chi connectivity index (χ4v) is 1.24. The molecule has 1 heterocycles. The first-order chi connectivity index (χ1) is 7.38. The largest absolute Gasteiger partial charge is 0.475 e. The van der Waals surface area contributed by atoms with Crippen LogP contribution in [0.2, 0.25) is 0 Å². The Hall–Kier alpha value is -1.33. The summed E-state index contributed by atoms with van der Waals surface area (Å²) in [6.07, 6.45) is 1.36. The molecule has 0 aliphatic rings. The van der Waals surface area contributed by atoms with E-state index in [1.54, 1.807) is 6.07 Å². The molecule has 0 amide bonds. The van der Waals surface area contributed by atoms with Gasteiger partial charge in [0.15, 0.2) is 0 Å². The van der Waals surface area contributed by atoms with Gasteiger partial charge in [0.25, 0.3) is 0 Å². The van der Waals surface area contributed by atoms with Crippen LogP contribution in [-0.4, -0.2) is 40.3 Å². The lowest BCUT2D eigenvalue weighted by atomic mass is 10.0. The van der Waals surface area contributed by atoms with Crippen molar-refractivity contribution in [3.63, 3.8) is 0 Å². The minimum Gasteiger partial charge on any atom is -0.475 e. The molecule has 1 rings (SSSR count). The molecule has 0 aromatic carbocycles. The highest BCUT2D eigenvalue weighted by Crippen LogP contribution is 2.18. The van der Waals surface area contributed by atoms with Crippen LogP contribution < -0.4 is 0 Å². The van der Waals surface area contributed by atoms with E-state index in [0.29, 0.717) is 12.1 Å². The monoisotopic (exact) mass is 227 g/mol. The van der Waals surface area contributed by atoms with E-state index in [1.807, 2.05) is 25.8 Å². The summed E-state index contributed by atoms with van der Waals surface area (Å²) in [5, 5.41) is 18.1. The average Bonchev–Trinajstić information content (AvgIpc) is 2.65. The number of nitrogens with zero attached hydrogens (tertiary/aromatic N) is 1. The second kappa shape index (κ2) is 4.67. The number of carbonyl (C=O) groups is 1. The first kappa shape index (κ1) is 12.7. The molecule has 90 valence electrons. The molecule has 5 nitrogen and oxygen atoms in total. The number of aromatic carboxylic acids is 1. The molecule has 16 heavy (non-hydrogen) atoms. The van der Waals surface area contributed by atoms with Crippen LogP contribution in [0.4, 0.5) is 0 Å². The van der Waals surface area contributed by atoms with Crippen LogP contribution in [0.15, 0.2) is 16.7 Å². The van der Waals surface area contributed by atoms with Crippen LogP contribution in [0.3, 0.4) is 0 Å². The van der Waals surface area contributed by atoms with Crippen molar-refractivity contribution < 1.29 is 19.4 Å². The maximum atomic E-state index is 10.8. The van der Waals surface area contributed by atoms with E-state index >= 15 is 0 Å². The molecular weight excluding hydrogens is 210 g/mol. The van der Waals surface area contributed by atoms with Gasteiger partial charge in [0.05, 0.1) is 12.9 Å². The number of aliphatic hydroxyl groups excluding tert-OH is 1. The summed E-state index contributed by atoms with van der Waals surface area (Å²) in [7, 11) is 1.83. The average molecular weight is 227 g/mol. The van der Waals surface area contributed by atoms with Gasteiger partial charge in [-0.1, -0.05) is 0 Å². The van der Waals surface area contributed by atoms with Gasteiger partial charge in [-0.15, -0.1) is 0 Å². The summed E-state index contributed by atoms with van der Waals surface area (Å²) in [4.78, 5) is 12.7. The Morgan fingerprint density at radius 3 is 2.69 bits per heavy atom. The zero-order valence-electron chi connectivity index (χ0n) is 9.73. The van der Waals surface area contributed by atoms with E-state index in [1.165, 1.54) is 6.26 Å². The molecule has 0 spiro atoms. The van der Waals surface area contributed by atoms with Crippen LogP contribution in [-0.2, 0) is 6.54 Å². The van der Waals surface area contributed by atoms with Gasteiger partial charge in [0.2, 0.25) is 5.76 Å². The van der Waals surface area contributed by atoms with Crippen molar-refractivity contribution in [2.75, 3.05) is 13.7 Å². The molecule has 1 aromatic heterocycles. The van der Waals surface area contributed by atoms with Gasteiger partial charge in [0.1, 0.15) is 0 Å². The quantitative estimate of drug-likeness (QED) is 0.790. The van der Waals surface area contributed by atoms with E-state index in [-0.39, 0.29) is 12.4 Å². The molecule has 0 unspecified atom stereocenters. The lowest BCUT2D eigenvalue weighted by Crippen LogP contribution is -2.43. The molecule has 0 fully saturated rings. The van der Waals surface area contributed by atoms with Crippen molar-refractivity contribution in [3.05, 3.63) is 23.7 Å². The molecule has 0 bridgehead atoms. The molecule has 2 N–H and O–H groups in total. The predicted octanol–water partition coefficient (Wildman–Crippen LogP) is 1.18. The number of hydrogen-bond donors (Lipinski definition) is 2. The minimum absolute atomic E-state index is 0.00373. The first-order valence-electron chi connectivity index (χ1n) is 5.00.